The Labute approximate surface area is 128 Å². The minimum Gasteiger partial charge on any atom is -0.481 e. The molecule has 0 saturated heterocycles. The standard InChI is InChI=1S/C16H30O5/c1-2-3-12-20-13-14-21-16(19)11-9-7-5-4-6-8-10-15(17)18/h2-14H2,1H3,(H,17,18). The minimum atomic E-state index is -0.726. The van der Waals surface area contributed by atoms with Gasteiger partial charge in [0, 0.05) is 19.4 Å². The Morgan fingerprint density at radius 3 is 2.05 bits per heavy atom. The lowest BCUT2D eigenvalue weighted by molar-refractivity contribution is -0.145. The molecule has 5 nitrogen and oxygen atoms in total. The first-order valence-electron chi connectivity index (χ1n) is 8.12. The normalized spacial score (nSPS) is 10.5. The van der Waals surface area contributed by atoms with E-state index in [1.807, 2.05) is 0 Å². The van der Waals surface area contributed by atoms with Gasteiger partial charge >= 0.3 is 11.9 Å². The first-order valence-corrected chi connectivity index (χ1v) is 8.12. The molecule has 1 N–H and O–H groups in total. The second kappa shape index (κ2) is 15.3. The average Bonchev–Trinajstić information content (AvgIpc) is 2.45. The maximum atomic E-state index is 11.4. The summed E-state index contributed by atoms with van der Waals surface area (Å²) in [6.07, 6.45) is 8.48. The van der Waals surface area contributed by atoms with Gasteiger partial charge in [0.15, 0.2) is 0 Å². The van der Waals surface area contributed by atoms with Crippen molar-refractivity contribution in [2.45, 2.75) is 71.1 Å². The van der Waals surface area contributed by atoms with E-state index < -0.39 is 5.97 Å². The number of carbonyl (C=O) groups excluding carboxylic acids is 1. The highest BCUT2D eigenvalue weighted by Crippen LogP contribution is 2.09. The summed E-state index contributed by atoms with van der Waals surface area (Å²) in [4.78, 5) is 21.7. The molecule has 0 aliphatic carbocycles. The van der Waals surface area contributed by atoms with Crippen molar-refractivity contribution in [1.29, 1.82) is 0 Å². The fraction of sp³-hybridized carbons (Fsp3) is 0.875. The fourth-order valence-electron chi connectivity index (χ4n) is 1.89. The molecule has 0 aliphatic heterocycles. The van der Waals surface area contributed by atoms with Gasteiger partial charge in [-0.3, -0.25) is 9.59 Å². The number of ether oxygens (including phenoxy) is 2. The molecule has 0 bridgehead atoms. The van der Waals surface area contributed by atoms with Gasteiger partial charge in [-0.2, -0.15) is 0 Å². The average molecular weight is 302 g/mol. The van der Waals surface area contributed by atoms with Crippen LogP contribution < -0.4 is 0 Å². The van der Waals surface area contributed by atoms with Gasteiger partial charge in [-0.1, -0.05) is 39.0 Å². The number of unbranched alkanes of at least 4 members (excludes halogenated alkanes) is 6. The van der Waals surface area contributed by atoms with E-state index in [9.17, 15) is 9.59 Å². The fourth-order valence-corrected chi connectivity index (χ4v) is 1.89. The molecule has 0 fully saturated rings. The number of aliphatic carboxylic acids is 1. The first kappa shape index (κ1) is 19.9. The van der Waals surface area contributed by atoms with E-state index in [1.54, 1.807) is 0 Å². The van der Waals surface area contributed by atoms with Crippen molar-refractivity contribution in [2.75, 3.05) is 19.8 Å². The summed E-state index contributed by atoms with van der Waals surface area (Å²) < 4.78 is 10.4. The third-order valence-corrected chi connectivity index (χ3v) is 3.15. The summed E-state index contributed by atoms with van der Waals surface area (Å²) in [6.45, 7) is 3.67. The van der Waals surface area contributed by atoms with E-state index in [2.05, 4.69) is 6.92 Å². The van der Waals surface area contributed by atoms with Crippen LogP contribution >= 0.6 is 0 Å². The molecule has 124 valence electrons. The van der Waals surface area contributed by atoms with Gasteiger partial charge in [-0.05, 0) is 19.3 Å². The Bertz CT molecular complexity index is 265. The number of esters is 1. The summed E-state index contributed by atoms with van der Waals surface area (Å²) in [5, 5.41) is 8.49. The van der Waals surface area contributed by atoms with Crippen molar-refractivity contribution in [3.05, 3.63) is 0 Å². The molecule has 0 aromatic carbocycles. The van der Waals surface area contributed by atoms with Gasteiger partial charge in [-0.15, -0.1) is 0 Å². The maximum absolute atomic E-state index is 11.4. The molecule has 0 amide bonds. The van der Waals surface area contributed by atoms with Crippen LogP contribution in [0.2, 0.25) is 0 Å². The van der Waals surface area contributed by atoms with Gasteiger partial charge in [0.05, 0.1) is 6.61 Å². The second-order valence-electron chi connectivity index (χ2n) is 5.20. The smallest absolute Gasteiger partial charge is 0.305 e. The zero-order chi connectivity index (χ0) is 15.8. The number of carboxylic acids is 1. The number of carbonyl (C=O) groups is 2. The van der Waals surface area contributed by atoms with E-state index >= 15 is 0 Å². The van der Waals surface area contributed by atoms with Crippen molar-refractivity contribution in [2.24, 2.45) is 0 Å². The third-order valence-electron chi connectivity index (χ3n) is 3.15. The van der Waals surface area contributed by atoms with Gasteiger partial charge in [0.25, 0.3) is 0 Å². The monoisotopic (exact) mass is 302 g/mol. The van der Waals surface area contributed by atoms with Crippen LogP contribution in [0.1, 0.15) is 71.1 Å². The first-order chi connectivity index (χ1) is 10.2. The van der Waals surface area contributed by atoms with Crippen LogP contribution in [0.25, 0.3) is 0 Å². The quantitative estimate of drug-likeness (QED) is 0.370. The molecular formula is C16H30O5. The molecule has 0 heterocycles. The second-order valence-corrected chi connectivity index (χ2v) is 5.20. The Kier molecular flexibility index (Phi) is 14.5. The zero-order valence-electron chi connectivity index (χ0n) is 13.3. The predicted molar refractivity (Wildman–Crippen MR) is 81.3 cm³/mol. The molecule has 0 rings (SSSR count). The molecule has 5 heteroatoms. The van der Waals surface area contributed by atoms with E-state index in [1.165, 1.54) is 0 Å². The van der Waals surface area contributed by atoms with Crippen LogP contribution in [0.5, 0.6) is 0 Å². The largest absolute Gasteiger partial charge is 0.481 e. The number of hydrogen-bond donors (Lipinski definition) is 1. The van der Waals surface area contributed by atoms with E-state index in [4.69, 9.17) is 14.6 Å². The Hall–Kier alpha value is -1.10. The molecule has 0 saturated carbocycles. The lowest BCUT2D eigenvalue weighted by atomic mass is 10.1. The highest BCUT2D eigenvalue weighted by molar-refractivity contribution is 5.69. The minimum absolute atomic E-state index is 0.153. The number of hydrogen-bond acceptors (Lipinski definition) is 4. The van der Waals surface area contributed by atoms with E-state index in [-0.39, 0.29) is 12.4 Å². The number of rotatable bonds is 15. The molecule has 0 atom stereocenters. The maximum Gasteiger partial charge on any atom is 0.305 e. The Morgan fingerprint density at radius 2 is 1.43 bits per heavy atom. The van der Waals surface area contributed by atoms with Gasteiger partial charge in [0.2, 0.25) is 0 Å². The molecule has 0 spiro atoms. The summed E-state index contributed by atoms with van der Waals surface area (Å²) in [7, 11) is 0. The SMILES string of the molecule is CCCCOCCOC(=O)CCCCCCCCC(=O)O. The van der Waals surface area contributed by atoms with E-state index in [0.717, 1.165) is 58.0 Å². The van der Waals surface area contributed by atoms with Crippen LogP contribution in [-0.4, -0.2) is 36.9 Å². The zero-order valence-corrected chi connectivity index (χ0v) is 13.3. The molecule has 0 aromatic heterocycles. The highest BCUT2D eigenvalue weighted by atomic mass is 16.6. The van der Waals surface area contributed by atoms with Crippen LogP contribution in [0.4, 0.5) is 0 Å². The number of carboxylic acid groups (broad SMARTS) is 1. The van der Waals surface area contributed by atoms with Crippen molar-refractivity contribution in [3.8, 4) is 0 Å². The molecule has 0 aromatic rings. The van der Waals surface area contributed by atoms with Crippen LogP contribution in [0.3, 0.4) is 0 Å². The van der Waals surface area contributed by atoms with Crippen molar-refractivity contribution in [3.63, 3.8) is 0 Å². The lowest BCUT2D eigenvalue weighted by Gasteiger charge is -2.05. The van der Waals surface area contributed by atoms with Gasteiger partial charge in [-0.25, -0.2) is 0 Å². The highest BCUT2D eigenvalue weighted by Gasteiger charge is 2.02. The van der Waals surface area contributed by atoms with Crippen molar-refractivity contribution in [1.82, 2.24) is 0 Å². The summed E-state index contributed by atoms with van der Waals surface area (Å²) >= 11 is 0. The van der Waals surface area contributed by atoms with Crippen molar-refractivity contribution >= 4 is 11.9 Å². The lowest BCUT2D eigenvalue weighted by Crippen LogP contribution is -2.10. The van der Waals surface area contributed by atoms with Crippen LogP contribution in [0, 0.1) is 0 Å². The van der Waals surface area contributed by atoms with Crippen molar-refractivity contribution < 1.29 is 24.2 Å². The molecule has 21 heavy (non-hydrogen) atoms. The molecular weight excluding hydrogens is 272 g/mol. The van der Waals surface area contributed by atoms with Gasteiger partial charge < -0.3 is 14.6 Å². The van der Waals surface area contributed by atoms with Crippen LogP contribution in [-0.2, 0) is 19.1 Å². The van der Waals surface area contributed by atoms with Gasteiger partial charge in [0.1, 0.15) is 6.61 Å². The Morgan fingerprint density at radius 1 is 0.810 bits per heavy atom. The molecule has 0 radical (unpaired) electrons. The van der Waals surface area contributed by atoms with Crippen LogP contribution in [0.15, 0.2) is 0 Å². The Balaban J connectivity index is 3.17. The third kappa shape index (κ3) is 16.8. The summed E-state index contributed by atoms with van der Waals surface area (Å²) in [5.41, 5.74) is 0. The summed E-state index contributed by atoms with van der Waals surface area (Å²) in [5.74, 6) is -0.878. The molecule has 0 unspecified atom stereocenters. The van der Waals surface area contributed by atoms with E-state index in [0.29, 0.717) is 19.6 Å². The summed E-state index contributed by atoms with van der Waals surface area (Å²) in [6, 6.07) is 0. The predicted octanol–water partition coefficient (Wildman–Crippen LogP) is 3.55. The molecule has 0 aliphatic rings. The topological polar surface area (TPSA) is 72.8 Å².